The smallest absolute Gasteiger partial charge is 0.416 e. The van der Waals surface area contributed by atoms with Crippen molar-refractivity contribution in [2.45, 2.75) is 13.1 Å². The van der Waals surface area contributed by atoms with Crippen LogP contribution in [0.5, 0.6) is 0 Å². The minimum atomic E-state index is -4.54. The molecular weight excluding hydrogens is 411 g/mol. The first kappa shape index (κ1) is 21.9. The number of carbonyl (C=O) groups is 2. The number of alkyl halides is 3. The first-order valence-corrected chi connectivity index (χ1v) is 9.21. The van der Waals surface area contributed by atoms with E-state index in [1.54, 1.807) is 38.1 Å². The van der Waals surface area contributed by atoms with Crippen molar-refractivity contribution in [2.24, 2.45) is 0 Å². The van der Waals surface area contributed by atoms with E-state index in [1.165, 1.54) is 30.5 Å². The number of hydrogen-bond donors (Lipinski definition) is 2. The van der Waals surface area contributed by atoms with Crippen LogP contribution in [-0.4, -0.2) is 25.9 Å². The number of amides is 2. The predicted molar refractivity (Wildman–Crippen MR) is 112 cm³/mol. The quantitative estimate of drug-likeness (QED) is 0.584. The molecule has 0 saturated heterocycles. The second-order valence-electron chi connectivity index (χ2n) is 7.04. The van der Waals surface area contributed by atoms with Crippen molar-refractivity contribution in [3.63, 3.8) is 0 Å². The molecule has 0 unspecified atom stereocenters. The third kappa shape index (κ3) is 5.06. The molecule has 3 aromatic rings. The molecule has 2 N–H and O–H groups in total. The van der Waals surface area contributed by atoms with Crippen LogP contribution in [0.4, 0.5) is 30.2 Å². The highest BCUT2D eigenvalue weighted by molar-refractivity contribution is 6.08. The molecule has 0 fully saturated rings. The molecule has 0 bridgehead atoms. The van der Waals surface area contributed by atoms with E-state index >= 15 is 0 Å². The Morgan fingerprint density at radius 1 is 0.935 bits per heavy atom. The second kappa shape index (κ2) is 8.55. The summed E-state index contributed by atoms with van der Waals surface area (Å²) in [6.07, 6.45) is -3.18. The predicted octanol–water partition coefficient (Wildman–Crippen LogP) is 5.18. The standard InChI is InChI=1S/C22H20F3N3O3/c1-13-6-7-14(11-16(13)26-21(30)19-5-4-10-31-19)20(29)27-17-12-15(22(23,24)25)8-9-18(17)28(2)3/h4-12H,1-3H3,(H,26,30)(H,27,29). The highest BCUT2D eigenvalue weighted by Crippen LogP contribution is 2.35. The molecule has 0 aliphatic carbocycles. The molecule has 3 rings (SSSR count). The Hall–Kier alpha value is -3.75. The molecular formula is C22H20F3N3O3. The highest BCUT2D eigenvalue weighted by atomic mass is 19.4. The van der Waals surface area contributed by atoms with Crippen molar-refractivity contribution in [2.75, 3.05) is 29.6 Å². The minimum Gasteiger partial charge on any atom is -0.459 e. The summed E-state index contributed by atoms with van der Waals surface area (Å²) in [4.78, 5) is 26.6. The van der Waals surface area contributed by atoms with Crippen LogP contribution < -0.4 is 15.5 Å². The van der Waals surface area contributed by atoms with E-state index in [0.29, 0.717) is 16.9 Å². The van der Waals surface area contributed by atoms with Crippen molar-refractivity contribution < 1.29 is 27.2 Å². The molecule has 0 atom stereocenters. The van der Waals surface area contributed by atoms with Gasteiger partial charge in [-0.1, -0.05) is 6.07 Å². The van der Waals surface area contributed by atoms with Crippen molar-refractivity contribution in [3.05, 3.63) is 77.2 Å². The van der Waals surface area contributed by atoms with Gasteiger partial charge >= 0.3 is 6.18 Å². The van der Waals surface area contributed by atoms with E-state index in [2.05, 4.69) is 10.6 Å². The lowest BCUT2D eigenvalue weighted by molar-refractivity contribution is -0.137. The monoisotopic (exact) mass is 431 g/mol. The number of hydrogen-bond acceptors (Lipinski definition) is 4. The van der Waals surface area contributed by atoms with Crippen LogP contribution in [0.2, 0.25) is 0 Å². The average Bonchev–Trinajstić information content (AvgIpc) is 3.23. The Bertz CT molecular complexity index is 1110. The van der Waals surface area contributed by atoms with Gasteiger partial charge in [0.1, 0.15) is 0 Å². The summed E-state index contributed by atoms with van der Waals surface area (Å²) < 4.78 is 44.4. The maximum absolute atomic E-state index is 13.1. The van der Waals surface area contributed by atoms with E-state index in [-0.39, 0.29) is 17.0 Å². The first-order chi connectivity index (χ1) is 14.6. The molecule has 6 nitrogen and oxygen atoms in total. The number of aryl methyl sites for hydroxylation is 1. The lowest BCUT2D eigenvalue weighted by Crippen LogP contribution is -2.18. The number of benzene rings is 2. The zero-order valence-corrected chi connectivity index (χ0v) is 17.0. The fourth-order valence-electron chi connectivity index (χ4n) is 2.89. The van der Waals surface area contributed by atoms with Crippen molar-refractivity contribution >= 4 is 28.9 Å². The Morgan fingerprint density at radius 3 is 2.26 bits per heavy atom. The molecule has 0 radical (unpaired) electrons. The van der Waals surface area contributed by atoms with Gasteiger partial charge in [0.15, 0.2) is 5.76 Å². The Kier molecular flexibility index (Phi) is 6.05. The van der Waals surface area contributed by atoms with Gasteiger partial charge in [-0.3, -0.25) is 9.59 Å². The summed E-state index contributed by atoms with van der Waals surface area (Å²) in [5.41, 5.74) is 0.813. The van der Waals surface area contributed by atoms with Gasteiger partial charge in [-0.25, -0.2) is 0 Å². The molecule has 2 amide bonds. The van der Waals surface area contributed by atoms with E-state index in [4.69, 9.17) is 4.42 Å². The summed E-state index contributed by atoms with van der Waals surface area (Å²) >= 11 is 0. The molecule has 1 aromatic heterocycles. The van der Waals surface area contributed by atoms with Crippen molar-refractivity contribution in [1.29, 1.82) is 0 Å². The Morgan fingerprint density at radius 2 is 1.65 bits per heavy atom. The third-order valence-corrected chi connectivity index (χ3v) is 4.55. The Balaban J connectivity index is 1.88. The van der Waals surface area contributed by atoms with Crippen molar-refractivity contribution in [3.8, 4) is 0 Å². The van der Waals surface area contributed by atoms with Gasteiger partial charge in [-0.15, -0.1) is 0 Å². The second-order valence-corrected chi connectivity index (χ2v) is 7.04. The summed E-state index contributed by atoms with van der Waals surface area (Å²) in [5.74, 6) is -0.997. The van der Waals surface area contributed by atoms with Gasteiger partial charge in [0.25, 0.3) is 11.8 Å². The molecule has 0 aliphatic heterocycles. The van der Waals surface area contributed by atoms with Gasteiger partial charge in [0, 0.05) is 25.3 Å². The summed E-state index contributed by atoms with van der Waals surface area (Å²) in [6, 6.07) is 10.8. The fourth-order valence-corrected chi connectivity index (χ4v) is 2.89. The van der Waals surface area contributed by atoms with E-state index in [1.807, 2.05) is 0 Å². The van der Waals surface area contributed by atoms with Crippen LogP contribution in [-0.2, 0) is 6.18 Å². The molecule has 0 spiro atoms. The zero-order chi connectivity index (χ0) is 22.8. The number of halogens is 3. The lowest BCUT2D eigenvalue weighted by atomic mass is 10.1. The first-order valence-electron chi connectivity index (χ1n) is 9.21. The van der Waals surface area contributed by atoms with E-state index in [0.717, 1.165) is 12.1 Å². The molecule has 0 saturated carbocycles. The molecule has 9 heteroatoms. The normalized spacial score (nSPS) is 11.2. The Labute approximate surface area is 176 Å². The summed E-state index contributed by atoms with van der Waals surface area (Å²) in [6.45, 7) is 1.75. The average molecular weight is 431 g/mol. The topological polar surface area (TPSA) is 74.6 Å². The summed E-state index contributed by atoms with van der Waals surface area (Å²) in [5, 5.41) is 5.20. The molecule has 1 heterocycles. The maximum atomic E-state index is 13.1. The van der Waals surface area contributed by atoms with Gasteiger partial charge in [0.05, 0.1) is 23.2 Å². The molecule has 31 heavy (non-hydrogen) atoms. The van der Waals surface area contributed by atoms with Gasteiger partial charge in [-0.05, 0) is 55.0 Å². The third-order valence-electron chi connectivity index (χ3n) is 4.55. The van der Waals surface area contributed by atoms with Crippen LogP contribution in [0.1, 0.15) is 32.0 Å². The maximum Gasteiger partial charge on any atom is 0.416 e. The number of nitrogens with zero attached hydrogens (tertiary/aromatic N) is 1. The number of carbonyl (C=O) groups excluding carboxylic acids is 2. The number of rotatable bonds is 5. The van der Waals surface area contributed by atoms with E-state index in [9.17, 15) is 22.8 Å². The van der Waals surface area contributed by atoms with Crippen LogP contribution in [0.3, 0.4) is 0 Å². The van der Waals surface area contributed by atoms with Crippen LogP contribution >= 0.6 is 0 Å². The van der Waals surface area contributed by atoms with E-state index < -0.39 is 23.6 Å². The number of anilines is 3. The molecule has 0 aliphatic rings. The molecule has 2 aromatic carbocycles. The van der Waals surface area contributed by atoms with Gasteiger partial charge < -0.3 is 20.0 Å². The number of furan rings is 1. The summed E-state index contributed by atoms with van der Waals surface area (Å²) in [7, 11) is 3.32. The largest absolute Gasteiger partial charge is 0.459 e. The van der Waals surface area contributed by atoms with Crippen LogP contribution in [0, 0.1) is 6.92 Å². The lowest BCUT2D eigenvalue weighted by Gasteiger charge is -2.20. The molecule has 162 valence electrons. The van der Waals surface area contributed by atoms with Gasteiger partial charge in [0.2, 0.25) is 0 Å². The SMILES string of the molecule is Cc1ccc(C(=O)Nc2cc(C(F)(F)F)ccc2N(C)C)cc1NC(=O)c1ccco1. The number of nitrogens with one attached hydrogen (secondary N) is 2. The van der Waals surface area contributed by atoms with Crippen molar-refractivity contribution in [1.82, 2.24) is 0 Å². The minimum absolute atomic E-state index is 0.0200. The van der Waals surface area contributed by atoms with Crippen LogP contribution in [0.15, 0.2) is 59.2 Å². The van der Waals surface area contributed by atoms with Crippen LogP contribution in [0.25, 0.3) is 0 Å². The van der Waals surface area contributed by atoms with Gasteiger partial charge in [-0.2, -0.15) is 13.2 Å². The zero-order valence-electron chi connectivity index (χ0n) is 17.0. The highest BCUT2D eigenvalue weighted by Gasteiger charge is 2.31. The fraction of sp³-hybridized carbons (Fsp3) is 0.182.